The molecule has 154 valence electrons. The highest BCUT2D eigenvalue weighted by Gasteiger charge is 2.37. The van der Waals surface area contributed by atoms with E-state index in [1.807, 2.05) is 6.92 Å². The number of carbonyl (C=O) groups excluding carboxylic acids is 1. The highest BCUT2D eigenvalue weighted by atomic mass is 127. The van der Waals surface area contributed by atoms with E-state index in [9.17, 15) is 14.7 Å². The van der Waals surface area contributed by atoms with Crippen molar-refractivity contribution in [3.8, 4) is 5.75 Å². The van der Waals surface area contributed by atoms with Crippen molar-refractivity contribution in [3.63, 3.8) is 0 Å². The molecule has 3 rings (SSSR count). The largest absolute Gasteiger partial charge is 0.484 e. The van der Waals surface area contributed by atoms with Gasteiger partial charge in [-0.3, -0.25) is 4.79 Å². The highest BCUT2D eigenvalue weighted by Crippen LogP contribution is 2.46. The molecule has 0 bridgehead atoms. The predicted octanol–water partition coefficient (Wildman–Crippen LogP) is 5.91. The van der Waals surface area contributed by atoms with Gasteiger partial charge in [0.05, 0.1) is 9.13 Å². The lowest BCUT2D eigenvalue weighted by molar-refractivity contribution is 0.0696. The fourth-order valence-electron chi connectivity index (χ4n) is 3.99. The molecule has 5 heteroatoms. The molecule has 0 atom stereocenters. The summed E-state index contributed by atoms with van der Waals surface area (Å²) in [5, 5.41) is 9.17. The Balaban J connectivity index is 1.89. The number of benzene rings is 2. The van der Waals surface area contributed by atoms with Gasteiger partial charge >= 0.3 is 5.97 Å². The number of ketones is 1. The second-order valence-electron chi connectivity index (χ2n) is 9.14. The number of hydrogen-bond donors (Lipinski definition) is 1. The maximum absolute atomic E-state index is 13.0. The van der Waals surface area contributed by atoms with Crippen LogP contribution in [0.25, 0.3) is 0 Å². The van der Waals surface area contributed by atoms with E-state index in [0.717, 1.165) is 22.0 Å². The maximum atomic E-state index is 13.0. The summed E-state index contributed by atoms with van der Waals surface area (Å²) in [5.41, 5.74) is 4.47. The molecule has 29 heavy (non-hydrogen) atoms. The van der Waals surface area contributed by atoms with E-state index in [-0.39, 0.29) is 28.8 Å². The zero-order chi connectivity index (χ0) is 21.6. The number of aromatic carboxylic acids is 1. The Morgan fingerprint density at radius 2 is 1.62 bits per heavy atom. The number of aryl methyl sites for hydroxylation is 1. The lowest BCUT2D eigenvalue weighted by Gasteiger charge is -2.42. The molecular formula is C24H27IO4. The molecule has 0 heterocycles. The van der Waals surface area contributed by atoms with E-state index < -0.39 is 5.97 Å². The van der Waals surface area contributed by atoms with Crippen LogP contribution < -0.4 is 4.74 Å². The summed E-state index contributed by atoms with van der Waals surface area (Å²) in [5.74, 6) is -0.704. The number of carboxylic acids is 1. The van der Waals surface area contributed by atoms with E-state index in [1.54, 1.807) is 6.07 Å². The molecular weight excluding hydrogens is 479 g/mol. The quantitative estimate of drug-likeness (QED) is 0.405. The van der Waals surface area contributed by atoms with Gasteiger partial charge in [-0.2, -0.15) is 0 Å². The number of carboxylic acid groups (broad SMARTS) is 1. The van der Waals surface area contributed by atoms with Crippen LogP contribution in [0.4, 0.5) is 0 Å². The number of rotatable bonds is 5. The van der Waals surface area contributed by atoms with E-state index in [2.05, 4.69) is 62.4 Å². The smallest absolute Gasteiger partial charge is 0.335 e. The summed E-state index contributed by atoms with van der Waals surface area (Å²) in [6.45, 7) is 10.9. The van der Waals surface area contributed by atoms with Crippen LogP contribution in [0.15, 0.2) is 30.3 Å². The van der Waals surface area contributed by atoms with E-state index in [0.29, 0.717) is 11.3 Å². The normalized spacial score (nSPS) is 16.8. The summed E-state index contributed by atoms with van der Waals surface area (Å²) >= 11 is 2.08. The Labute approximate surface area is 185 Å². The van der Waals surface area contributed by atoms with Crippen LogP contribution in [0.5, 0.6) is 5.75 Å². The van der Waals surface area contributed by atoms with Crippen molar-refractivity contribution in [2.45, 2.75) is 58.3 Å². The van der Waals surface area contributed by atoms with Gasteiger partial charge in [-0.25, -0.2) is 4.79 Å². The zero-order valence-corrected chi connectivity index (χ0v) is 19.7. The fourth-order valence-corrected chi connectivity index (χ4v) is 4.48. The standard InChI is InChI=1S/C24H27IO4/c1-14-10-17-18(24(4,5)9-8-23(17,2)3)12-16(14)20(26)13-29-21-11-15(22(27)28)6-7-19(21)25/h6-7,10-12H,8-9,13H2,1-5H3,(H,27,28). The zero-order valence-electron chi connectivity index (χ0n) is 17.6. The molecule has 0 spiro atoms. The van der Waals surface area contributed by atoms with Crippen LogP contribution in [0.1, 0.15) is 77.9 Å². The lowest BCUT2D eigenvalue weighted by atomic mass is 9.62. The van der Waals surface area contributed by atoms with Crippen molar-refractivity contribution in [2.75, 3.05) is 6.61 Å². The second kappa shape index (κ2) is 7.74. The van der Waals surface area contributed by atoms with Gasteiger partial charge in [0, 0.05) is 5.56 Å². The summed E-state index contributed by atoms with van der Waals surface area (Å²) in [7, 11) is 0. The van der Waals surface area contributed by atoms with Gasteiger partial charge in [-0.1, -0.05) is 33.8 Å². The monoisotopic (exact) mass is 506 g/mol. The molecule has 0 saturated heterocycles. The van der Waals surface area contributed by atoms with Gasteiger partial charge in [0.2, 0.25) is 0 Å². The third-order valence-corrected chi connectivity index (χ3v) is 6.93. The minimum absolute atomic E-state index is 0.0274. The SMILES string of the molecule is Cc1cc2c(cc1C(=O)COc1cc(C(=O)O)ccc1I)C(C)(C)CCC2(C)C. The van der Waals surface area contributed by atoms with Gasteiger partial charge in [0.15, 0.2) is 12.4 Å². The summed E-state index contributed by atoms with van der Waals surface area (Å²) in [6, 6.07) is 8.88. The summed E-state index contributed by atoms with van der Waals surface area (Å²) < 4.78 is 6.48. The Morgan fingerprint density at radius 3 is 2.21 bits per heavy atom. The number of hydrogen-bond acceptors (Lipinski definition) is 3. The lowest BCUT2D eigenvalue weighted by Crippen LogP contribution is -2.34. The van der Waals surface area contributed by atoms with Gasteiger partial charge in [-0.05, 0) is 94.1 Å². The van der Waals surface area contributed by atoms with E-state index in [1.165, 1.54) is 23.3 Å². The predicted molar refractivity (Wildman–Crippen MR) is 122 cm³/mol. The first kappa shape index (κ1) is 21.8. The first-order valence-corrected chi connectivity index (χ1v) is 10.8. The molecule has 0 fully saturated rings. The highest BCUT2D eigenvalue weighted by molar-refractivity contribution is 14.1. The first-order valence-electron chi connectivity index (χ1n) is 9.77. The third kappa shape index (κ3) is 4.34. The number of carbonyl (C=O) groups is 2. The minimum atomic E-state index is -1.02. The van der Waals surface area contributed by atoms with Crippen molar-refractivity contribution in [3.05, 3.63) is 61.7 Å². The van der Waals surface area contributed by atoms with Gasteiger partial charge in [0.25, 0.3) is 0 Å². The molecule has 0 radical (unpaired) electrons. The number of ether oxygens (including phenoxy) is 1. The molecule has 1 aliphatic rings. The molecule has 2 aromatic rings. The van der Waals surface area contributed by atoms with Crippen molar-refractivity contribution in [1.82, 2.24) is 0 Å². The van der Waals surface area contributed by atoms with Crippen LogP contribution >= 0.6 is 22.6 Å². The Hall–Kier alpha value is -1.89. The molecule has 0 aromatic heterocycles. The van der Waals surface area contributed by atoms with E-state index >= 15 is 0 Å². The first-order chi connectivity index (χ1) is 13.4. The summed E-state index contributed by atoms with van der Waals surface area (Å²) in [4.78, 5) is 24.2. The van der Waals surface area contributed by atoms with Crippen molar-refractivity contribution < 1.29 is 19.4 Å². The van der Waals surface area contributed by atoms with Crippen molar-refractivity contribution in [2.24, 2.45) is 0 Å². The molecule has 4 nitrogen and oxygen atoms in total. The van der Waals surface area contributed by atoms with Crippen LogP contribution in [0, 0.1) is 10.5 Å². The molecule has 1 aliphatic carbocycles. The molecule has 0 aliphatic heterocycles. The van der Waals surface area contributed by atoms with Gasteiger partial charge in [0.1, 0.15) is 5.75 Å². The Morgan fingerprint density at radius 1 is 1.03 bits per heavy atom. The van der Waals surface area contributed by atoms with Crippen LogP contribution in [0.3, 0.4) is 0 Å². The molecule has 0 unspecified atom stereocenters. The van der Waals surface area contributed by atoms with Crippen LogP contribution in [-0.2, 0) is 10.8 Å². The fraction of sp³-hybridized carbons (Fsp3) is 0.417. The minimum Gasteiger partial charge on any atom is -0.484 e. The van der Waals surface area contributed by atoms with Crippen LogP contribution in [0.2, 0.25) is 0 Å². The van der Waals surface area contributed by atoms with Crippen molar-refractivity contribution in [1.29, 1.82) is 0 Å². The average molecular weight is 506 g/mol. The maximum Gasteiger partial charge on any atom is 0.335 e. The van der Waals surface area contributed by atoms with E-state index in [4.69, 9.17) is 4.74 Å². The molecule has 0 amide bonds. The number of fused-ring (bicyclic) bond motifs is 1. The number of halogens is 1. The summed E-state index contributed by atoms with van der Waals surface area (Å²) in [6.07, 6.45) is 2.21. The van der Waals surface area contributed by atoms with Crippen LogP contribution in [-0.4, -0.2) is 23.5 Å². The topological polar surface area (TPSA) is 63.6 Å². The molecule has 1 N–H and O–H groups in total. The van der Waals surface area contributed by atoms with Crippen molar-refractivity contribution >= 4 is 34.3 Å². The second-order valence-corrected chi connectivity index (χ2v) is 10.3. The Kier molecular flexibility index (Phi) is 5.82. The van der Waals surface area contributed by atoms with Gasteiger partial charge < -0.3 is 9.84 Å². The Bertz CT molecular complexity index is 989. The van der Waals surface area contributed by atoms with Gasteiger partial charge in [-0.15, -0.1) is 0 Å². The average Bonchev–Trinajstić information content (AvgIpc) is 2.64. The number of Topliss-reactive ketones (excluding diaryl/α,β-unsaturated/α-hetero) is 1. The molecule has 0 saturated carbocycles. The molecule has 2 aromatic carbocycles. The third-order valence-electron chi connectivity index (χ3n) is 6.04.